The number of anilines is 2. The number of nitrogen functional groups attached to an aromatic ring is 1. The molecule has 1 aromatic carbocycles. The number of halogens is 4. The number of amidine groups is 1. The molecule has 3 N–H and O–H groups in total. The Balaban J connectivity index is 1.53. The van der Waals surface area contributed by atoms with E-state index in [0.29, 0.717) is 22.8 Å². The monoisotopic (exact) mass is 512 g/mol. The number of hydrogen-bond donors (Lipinski definition) is 2. The highest BCUT2D eigenvalue weighted by atomic mass is 35.5. The Morgan fingerprint density at radius 3 is 2.92 bits per heavy atom. The highest BCUT2D eigenvalue weighted by Gasteiger charge is 2.39. The number of benzene rings is 1. The van der Waals surface area contributed by atoms with Crippen molar-refractivity contribution >= 4 is 28.9 Å². The van der Waals surface area contributed by atoms with Gasteiger partial charge in [-0.05, 0) is 54.7 Å². The van der Waals surface area contributed by atoms with E-state index in [1.54, 1.807) is 12.4 Å². The first-order valence-electron chi connectivity index (χ1n) is 11.3. The number of aryl methyl sites for hydroxylation is 2. The number of aliphatic imine (C=N–C) groups is 1. The zero-order valence-corrected chi connectivity index (χ0v) is 19.8. The Kier molecular flexibility index (Phi) is 5.11. The van der Waals surface area contributed by atoms with Crippen molar-refractivity contribution in [1.82, 2.24) is 14.9 Å². The second-order valence-electron chi connectivity index (χ2n) is 8.83. The Morgan fingerprint density at radius 2 is 2.11 bits per heavy atom. The first-order valence-corrected chi connectivity index (χ1v) is 11.7. The van der Waals surface area contributed by atoms with Crippen molar-refractivity contribution in [3.05, 3.63) is 75.9 Å². The number of pyridine rings is 2. The lowest BCUT2D eigenvalue weighted by molar-refractivity contribution is -0.137. The normalized spacial score (nSPS) is 18.1. The number of rotatable bonds is 2. The maximum absolute atomic E-state index is 14.1. The average Bonchev–Trinajstić information content (AvgIpc) is 3.16. The van der Waals surface area contributed by atoms with Gasteiger partial charge in [-0.2, -0.15) is 13.2 Å². The zero-order valence-electron chi connectivity index (χ0n) is 19.0. The summed E-state index contributed by atoms with van der Waals surface area (Å²) in [6.07, 6.45) is 4.03. The number of ether oxygens (including phenoxy) is 1. The molecule has 0 amide bonds. The van der Waals surface area contributed by atoms with Crippen LogP contribution in [-0.4, -0.2) is 27.4 Å². The molecule has 2 aliphatic heterocycles. The summed E-state index contributed by atoms with van der Waals surface area (Å²) in [5, 5.41) is 3.21. The van der Waals surface area contributed by atoms with Gasteiger partial charge in [0, 0.05) is 24.2 Å². The van der Waals surface area contributed by atoms with Crippen LogP contribution in [0.1, 0.15) is 40.3 Å². The van der Waals surface area contributed by atoms with Crippen LogP contribution in [0.2, 0.25) is 5.02 Å². The van der Waals surface area contributed by atoms with E-state index < -0.39 is 11.7 Å². The maximum atomic E-state index is 14.1. The summed E-state index contributed by atoms with van der Waals surface area (Å²) >= 11 is 6.78. The maximum Gasteiger partial charge on any atom is 0.418 e. The van der Waals surface area contributed by atoms with Crippen molar-refractivity contribution in [3.63, 3.8) is 0 Å². The van der Waals surface area contributed by atoms with Gasteiger partial charge in [0.25, 0.3) is 0 Å². The van der Waals surface area contributed by atoms with Crippen LogP contribution in [0.25, 0.3) is 11.3 Å². The van der Waals surface area contributed by atoms with E-state index in [9.17, 15) is 13.2 Å². The van der Waals surface area contributed by atoms with Crippen LogP contribution in [0, 0.1) is 6.92 Å². The number of alkyl halides is 3. The number of nitrogens with zero attached hydrogens (tertiary/aromatic N) is 4. The van der Waals surface area contributed by atoms with Crippen LogP contribution >= 0.6 is 11.6 Å². The summed E-state index contributed by atoms with van der Waals surface area (Å²) in [5.41, 5.74) is 7.96. The average molecular weight is 513 g/mol. The van der Waals surface area contributed by atoms with E-state index in [1.807, 2.05) is 17.2 Å². The summed E-state index contributed by atoms with van der Waals surface area (Å²) in [4.78, 5) is 15.0. The molecule has 1 aliphatic carbocycles. The van der Waals surface area contributed by atoms with E-state index in [2.05, 4.69) is 15.3 Å². The molecular weight excluding hydrogens is 493 g/mol. The molecule has 0 spiro atoms. The summed E-state index contributed by atoms with van der Waals surface area (Å²) in [7, 11) is 0. The minimum absolute atomic E-state index is 0.0160. The molecule has 3 aliphatic rings. The number of aromatic nitrogens is 2. The molecule has 1 atom stereocenters. The highest BCUT2D eigenvalue weighted by Crippen LogP contribution is 2.49. The predicted octanol–water partition coefficient (Wildman–Crippen LogP) is 5.69. The Bertz CT molecular complexity index is 1470. The van der Waals surface area contributed by atoms with E-state index in [-0.39, 0.29) is 40.4 Å². The number of hydrogen-bond acceptors (Lipinski definition) is 7. The van der Waals surface area contributed by atoms with Gasteiger partial charge in [0.1, 0.15) is 30.3 Å². The SMILES string of the molecule is Cc1cc(N)nc(-c2cc3c4c(c2Cl)NCN=C4N(C2CCc4ccncc42)C=CO3)c1C(F)(F)F. The zero-order chi connectivity index (χ0) is 25.2. The molecular formula is C25H20ClF3N6O. The van der Waals surface area contributed by atoms with Gasteiger partial charge in [-0.15, -0.1) is 0 Å². The molecule has 1 unspecified atom stereocenters. The van der Waals surface area contributed by atoms with Gasteiger partial charge >= 0.3 is 6.18 Å². The topological polar surface area (TPSA) is 88.7 Å². The van der Waals surface area contributed by atoms with Crippen molar-refractivity contribution in [1.29, 1.82) is 0 Å². The van der Waals surface area contributed by atoms with Crippen LogP contribution in [-0.2, 0) is 12.6 Å². The smallest absolute Gasteiger partial charge is 0.418 e. The van der Waals surface area contributed by atoms with E-state index in [1.165, 1.54) is 30.9 Å². The fraction of sp³-hybridized carbons (Fsp3) is 0.240. The van der Waals surface area contributed by atoms with Crippen LogP contribution in [0.3, 0.4) is 0 Å². The lowest BCUT2D eigenvalue weighted by Crippen LogP contribution is -2.33. The molecule has 11 heteroatoms. The molecule has 2 aromatic heterocycles. The standard InChI is InChI=1S/C25H20ClF3N6O/c1-12-8-18(30)34-22(20(12)25(27,28)29)14-9-17-19-23(21(14)26)32-11-33-24(19)35(6-7-36-17)16-3-2-13-4-5-31-10-15(13)16/h4-10,16,32H,2-3,11H2,1H3,(H2,30,34). The van der Waals surface area contributed by atoms with E-state index in [0.717, 1.165) is 18.4 Å². The molecule has 0 radical (unpaired) electrons. The lowest BCUT2D eigenvalue weighted by Gasteiger charge is -2.32. The first-order chi connectivity index (χ1) is 17.2. The predicted molar refractivity (Wildman–Crippen MR) is 131 cm³/mol. The van der Waals surface area contributed by atoms with Crippen molar-refractivity contribution in [2.45, 2.75) is 32.0 Å². The van der Waals surface area contributed by atoms with Gasteiger partial charge in [0.05, 0.1) is 33.6 Å². The van der Waals surface area contributed by atoms with Gasteiger partial charge in [-0.3, -0.25) is 4.98 Å². The van der Waals surface area contributed by atoms with Crippen LogP contribution in [0.5, 0.6) is 5.75 Å². The lowest BCUT2D eigenvalue weighted by atomic mass is 9.96. The number of nitrogens with one attached hydrogen (secondary N) is 1. The fourth-order valence-corrected chi connectivity index (χ4v) is 5.52. The molecule has 36 heavy (non-hydrogen) atoms. The van der Waals surface area contributed by atoms with Crippen LogP contribution in [0.15, 0.2) is 48.0 Å². The van der Waals surface area contributed by atoms with Gasteiger partial charge in [0.2, 0.25) is 0 Å². The number of fused-ring (bicyclic) bond motifs is 1. The van der Waals surface area contributed by atoms with Gasteiger partial charge in [-0.1, -0.05) is 11.6 Å². The highest BCUT2D eigenvalue weighted by molar-refractivity contribution is 6.37. The van der Waals surface area contributed by atoms with Gasteiger partial charge in [0.15, 0.2) is 0 Å². The molecule has 0 fully saturated rings. The van der Waals surface area contributed by atoms with E-state index >= 15 is 0 Å². The fourth-order valence-electron chi connectivity index (χ4n) is 5.21. The molecule has 184 valence electrons. The Morgan fingerprint density at radius 1 is 1.28 bits per heavy atom. The van der Waals surface area contributed by atoms with Gasteiger partial charge < -0.3 is 20.7 Å². The molecule has 6 rings (SSSR count). The summed E-state index contributed by atoms with van der Waals surface area (Å²) in [5.74, 6) is 0.898. The second kappa shape index (κ2) is 8.12. The Labute approximate surface area is 209 Å². The molecule has 0 bridgehead atoms. The summed E-state index contributed by atoms with van der Waals surface area (Å²) < 4.78 is 48.1. The van der Waals surface area contributed by atoms with E-state index in [4.69, 9.17) is 27.1 Å². The minimum Gasteiger partial charge on any atom is -0.463 e. The quantitative estimate of drug-likeness (QED) is 0.458. The van der Waals surface area contributed by atoms with Crippen molar-refractivity contribution in [2.24, 2.45) is 4.99 Å². The molecule has 0 saturated carbocycles. The molecule has 3 aromatic rings. The van der Waals surface area contributed by atoms with Crippen LogP contribution < -0.4 is 15.8 Å². The number of nitrogens with two attached hydrogens (primary N) is 1. The Hall–Kier alpha value is -3.79. The second-order valence-corrected chi connectivity index (χ2v) is 9.21. The van der Waals surface area contributed by atoms with Crippen LogP contribution in [0.4, 0.5) is 24.7 Å². The van der Waals surface area contributed by atoms with Crippen molar-refractivity contribution in [3.8, 4) is 17.0 Å². The first kappa shape index (κ1) is 22.7. The molecule has 0 saturated heterocycles. The molecule has 7 nitrogen and oxygen atoms in total. The third kappa shape index (κ3) is 3.47. The third-order valence-corrected chi connectivity index (χ3v) is 7.09. The third-order valence-electron chi connectivity index (χ3n) is 6.70. The minimum atomic E-state index is -4.66. The summed E-state index contributed by atoms with van der Waals surface area (Å²) in [6, 6.07) is 4.66. The van der Waals surface area contributed by atoms with Gasteiger partial charge in [-0.25, -0.2) is 9.98 Å². The molecule has 4 heterocycles. The largest absolute Gasteiger partial charge is 0.463 e. The van der Waals surface area contributed by atoms with Crippen molar-refractivity contribution < 1.29 is 17.9 Å². The summed E-state index contributed by atoms with van der Waals surface area (Å²) in [6.45, 7) is 1.54. The van der Waals surface area contributed by atoms with Crippen molar-refractivity contribution in [2.75, 3.05) is 17.7 Å².